The van der Waals surface area contributed by atoms with Gasteiger partial charge in [-0.1, -0.05) is 13.3 Å². The van der Waals surface area contributed by atoms with Crippen molar-refractivity contribution in [3.8, 4) is 0 Å². The maximum Gasteiger partial charge on any atom is 0.290 e. The first-order valence-corrected chi connectivity index (χ1v) is 4.01. The Morgan fingerprint density at radius 3 is 2.33 bits per heavy atom. The summed E-state index contributed by atoms with van der Waals surface area (Å²) in [5, 5.41) is 6.89. The zero-order valence-electron chi connectivity index (χ0n) is 7.09. The molecule has 2 nitrogen and oxygen atoms in total. The molecule has 0 aliphatic heterocycles. The minimum atomic E-state index is -2.33. The van der Waals surface area contributed by atoms with Gasteiger partial charge in [0.05, 0.1) is 0 Å². The quantitative estimate of drug-likeness (QED) is 0.629. The molecule has 1 rings (SSSR count). The predicted octanol–water partition coefficient (Wildman–Crippen LogP) is 2.53. The van der Waals surface area contributed by atoms with Gasteiger partial charge >= 0.3 is 0 Å². The molecule has 12 heavy (non-hydrogen) atoms. The van der Waals surface area contributed by atoms with Crippen molar-refractivity contribution in [1.82, 2.24) is 0 Å². The number of hydrogen-bond acceptors (Lipinski definition) is 1. The van der Waals surface area contributed by atoms with E-state index < -0.39 is 5.92 Å². The maximum atomic E-state index is 12.4. The van der Waals surface area contributed by atoms with Crippen LogP contribution in [0.15, 0.2) is 0 Å². The number of halogens is 2. The van der Waals surface area contributed by atoms with E-state index in [1.165, 1.54) is 0 Å². The van der Waals surface area contributed by atoms with Crippen LogP contribution in [-0.2, 0) is 4.79 Å². The van der Waals surface area contributed by atoms with E-state index in [1.54, 1.807) is 0 Å². The molecule has 72 valence electrons. The van der Waals surface area contributed by atoms with Crippen LogP contribution in [0.2, 0.25) is 0 Å². The summed E-state index contributed by atoms with van der Waals surface area (Å²) in [6.07, 6.45) is 1.88. The van der Waals surface area contributed by atoms with Crippen LogP contribution in [-0.4, -0.2) is 17.5 Å². The van der Waals surface area contributed by atoms with E-state index in [4.69, 9.17) is 9.90 Å². The fourth-order valence-corrected chi connectivity index (χ4v) is 1.39. The third-order valence-electron chi connectivity index (χ3n) is 2.08. The van der Waals surface area contributed by atoms with Gasteiger partial charge in [-0.05, 0) is 12.3 Å². The summed E-state index contributed by atoms with van der Waals surface area (Å²) >= 11 is 0. The lowest BCUT2D eigenvalue weighted by Crippen LogP contribution is -2.09. The first-order chi connectivity index (χ1) is 5.55. The lowest BCUT2D eigenvalue weighted by Gasteiger charge is -2.06. The third-order valence-corrected chi connectivity index (χ3v) is 2.08. The Bertz CT molecular complexity index is 137. The molecule has 0 aromatic carbocycles. The van der Waals surface area contributed by atoms with Gasteiger partial charge in [0.2, 0.25) is 5.92 Å². The standard InChI is InChI=1S/C7H12F2.CH2O2/c1-2-6-3-4-7(8,9)5-6;2-1-3/h6H,2-5H2,1H3;1H,(H,2,3). The van der Waals surface area contributed by atoms with E-state index in [0.717, 1.165) is 12.8 Å². The highest BCUT2D eigenvalue weighted by Gasteiger charge is 2.38. The molecule has 0 bridgehead atoms. The van der Waals surface area contributed by atoms with Crippen LogP contribution in [0.1, 0.15) is 32.6 Å². The summed E-state index contributed by atoms with van der Waals surface area (Å²) in [7, 11) is 0. The monoisotopic (exact) mass is 180 g/mol. The molecule has 1 atom stereocenters. The van der Waals surface area contributed by atoms with Gasteiger partial charge in [-0.25, -0.2) is 8.78 Å². The van der Waals surface area contributed by atoms with Crippen LogP contribution in [0.3, 0.4) is 0 Å². The second-order valence-corrected chi connectivity index (χ2v) is 2.98. The van der Waals surface area contributed by atoms with Crippen molar-refractivity contribution in [1.29, 1.82) is 0 Å². The SMILES string of the molecule is CCC1CCC(F)(F)C1.O=CO. The molecule has 0 saturated heterocycles. The van der Waals surface area contributed by atoms with Crippen molar-refractivity contribution in [2.75, 3.05) is 0 Å². The lowest BCUT2D eigenvalue weighted by atomic mass is 10.1. The van der Waals surface area contributed by atoms with E-state index in [-0.39, 0.29) is 19.3 Å². The number of alkyl halides is 2. The highest BCUT2D eigenvalue weighted by molar-refractivity contribution is 5.32. The Balaban J connectivity index is 0.000000354. The molecule has 1 N–H and O–H groups in total. The molecular weight excluding hydrogens is 166 g/mol. The highest BCUT2D eigenvalue weighted by atomic mass is 19.3. The predicted molar refractivity (Wildman–Crippen MR) is 41.3 cm³/mol. The summed E-state index contributed by atoms with van der Waals surface area (Å²) in [6, 6.07) is 0. The summed E-state index contributed by atoms with van der Waals surface area (Å²) in [5.74, 6) is -2.04. The van der Waals surface area contributed by atoms with Crippen molar-refractivity contribution in [3.05, 3.63) is 0 Å². The summed E-state index contributed by atoms with van der Waals surface area (Å²) in [4.78, 5) is 8.36. The largest absolute Gasteiger partial charge is 0.483 e. The number of rotatable bonds is 1. The highest BCUT2D eigenvalue weighted by Crippen LogP contribution is 2.39. The van der Waals surface area contributed by atoms with E-state index >= 15 is 0 Å². The molecule has 4 heteroatoms. The fraction of sp³-hybridized carbons (Fsp3) is 0.875. The van der Waals surface area contributed by atoms with Crippen LogP contribution >= 0.6 is 0 Å². The average molecular weight is 180 g/mol. The minimum absolute atomic E-state index is 0.117. The van der Waals surface area contributed by atoms with E-state index in [0.29, 0.717) is 5.92 Å². The molecule has 1 aliphatic carbocycles. The Morgan fingerprint density at radius 2 is 2.17 bits per heavy atom. The zero-order chi connectivity index (χ0) is 9.61. The molecule has 1 unspecified atom stereocenters. The molecule has 1 fully saturated rings. The van der Waals surface area contributed by atoms with Crippen molar-refractivity contribution in [2.24, 2.45) is 5.92 Å². The summed E-state index contributed by atoms with van der Waals surface area (Å²) in [5.41, 5.74) is 0. The first-order valence-electron chi connectivity index (χ1n) is 4.01. The molecular formula is C8H14F2O2. The minimum Gasteiger partial charge on any atom is -0.483 e. The van der Waals surface area contributed by atoms with Crippen molar-refractivity contribution in [2.45, 2.75) is 38.5 Å². The Kier molecular flexibility index (Phi) is 4.78. The normalized spacial score (nSPS) is 25.8. The van der Waals surface area contributed by atoms with Crippen LogP contribution in [0.5, 0.6) is 0 Å². The van der Waals surface area contributed by atoms with Crippen LogP contribution in [0.4, 0.5) is 8.78 Å². The third kappa shape index (κ3) is 4.26. The number of hydrogen-bond donors (Lipinski definition) is 1. The van der Waals surface area contributed by atoms with Gasteiger partial charge in [0.1, 0.15) is 0 Å². The first kappa shape index (κ1) is 11.3. The second-order valence-electron chi connectivity index (χ2n) is 2.98. The van der Waals surface area contributed by atoms with Crippen LogP contribution < -0.4 is 0 Å². The second kappa shape index (κ2) is 5.06. The van der Waals surface area contributed by atoms with Gasteiger partial charge < -0.3 is 5.11 Å². The molecule has 0 aromatic rings. The smallest absolute Gasteiger partial charge is 0.290 e. The van der Waals surface area contributed by atoms with E-state index in [1.807, 2.05) is 6.92 Å². The van der Waals surface area contributed by atoms with Gasteiger partial charge in [-0.3, -0.25) is 4.79 Å². The number of carboxylic acid groups (broad SMARTS) is 1. The maximum absolute atomic E-state index is 12.4. The molecule has 0 spiro atoms. The van der Waals surface area contributed by atoms with Gasteiger partial charge in [0.25, 0.3) is 6.47 Å². The molecule has 1 aliphatic rings. The van der Waals surface area contributed by atoms with Crippen molar-refractivity contribution >= 4 is 6.47 Å². The summed E-state index contributed by atoms with van der Waals surface area (Å²) in [6.45, 7) is 1.73. The Morgan fingerprint density at radius 1 is 1.67 bits per heavy atom. The molecule has 0 aromatic heterocycles. The topological polar surface area (TPSA) is 37.3 Å². The average Bonchev–Trinajstić information content (AvgIpc) is 2.32. The molecule has 0 amide bonds. The van der Waals surface area contributed by atoms with E-state index in [2.05, 4.69) is 0 Å². The number of carbonyl (C=O) groups is 1. The zero-order valence-corrected chi connectivity index (χ0v) is 7.09. The Hall–Kier alpha value is -0.670. The molecule has 1 saturated carbocycles. The van der Waals surface area contributed by atoms with Crippen LogP contribution in [0.25, 0.3) is 0 Å². The fourth-order valence-electron chi connectivity index (χ4n) is 1.39. The lowest BCUT2D eigenvalue weighted by molar-refractivity contribution is -0.122. The summed E-state index contributed by atoms with van der Waals surface area (Å²) < 4.78 is 24.8. The van der Waals surface area contributed by atoms with Crippen LogP contribution in [0, 0.1) is 5.92 Å². The van der Waals surface area contributed by atoms with Crippen molar-refractivity contribution in [3.63, 3.8) is 0 Å². The van der Waals surface area contributed by atoms with Gasteiger partial charge in [0.15, 0.2) is 0 Å². The van der Waals surface area contributed by atoms with Gasteiger partial charge in [-0.15, -0.1) is 0 Å². The van der Waals surface area contributed by atoms with Crippen molar-refractivity contribution < 1.29 is 18.7 Å². The molecule has 0 heterocycles. The van der Waals surface area contributed by atoms with E-state index in [9.17, 15) is 8.78 Å². The van der Waals surface area contributed by atoms with Gasteiger partial charge in [-0.2, -0.15) is 0 Å². The van der Waals surface area contributed by atoms with Gasteiger partial charge in [0, 0.05) is 12.8 Å². The Labute approximate surface area is 70.6 Å². The molecule has 0 radical (unpaired) electrons.